The molecule has 3 atom stereocenters. The predicted octanol–water partition coefficient (Wildman–Crippen LogP) is 0.519. The van der Waals surface area contributed by atoms with Crippen molar-refractivity contribution < 1.29 is 14.4 Å². The summed E-state index contributed by atoms with van der Waals surface area (Å²) in [4.78, 5) is 35.7. The van der Waals surface area contributed by atoms with Crippen molar-refractivity contribution in [2.45, 2.75) is 50.2 Å². The molecule has 2 saturated heterocycles. The van der Waals surface area contributed by atoms with Gasteiger partial charge in [-0.1, -0.05) is 6.07 Å². The smallest absolute Gasteiger partial charge is 0.313 e. The molecular weight excluding hydrogens is 308 g/mol. The number of hydrogen-bond acceptors (Lipinski definition) is 4. The lowest BCUT2D eigenvalue weighted by Gasteiger charge is -2.21. The zero-order valence-electron chi connectivity index (χ0n) is 13.2. The minimum atomic E-state index is -0.681. The molecule has 1 aromatic rings. The number of aryl methyl sites for hydroxylation is 1. The van der Waals surface area contributed by atoms with Gasteiger partial charge in [0.15, 0.2) is 0 Å². The maximum Gasteiger partial charge on any atom is 0.313 e. The number of nitrogens with one attached hydrogen (secondary N) is 4. The van der Waals surface area contributed by atoms with Crippen molar-refractivity contribution in [1.82, 2.24) is 10.6 Å². The van der Waals surface area contributed by atoms with Crippen LogP contribution in [0.4, 0.5) is 11.4 Å². The van der Waals surface area contributed by atoms with Crippen LogP contribution in [0.15, 0.2) is 18.2 Å². The summed E-state index contributed by atoms with van der Waals surface area (Å²) in [6.07, 6.45) is 4.23. The number of carbonyl (C=O) groups excluding carboxylic acids is 3. The molecule has 1 aromatic carbocycles. The molecule has 0 aliphatic carbocycles. The van der Waals surface area contributed by atoms with E-state index in [2.05, 4.69) is 21.3 Å². The predicted molar refractivity (Wildman–Crippen MR) is 88.5 cm³/mol. The van der Waals surface area contributed by atoms with Gasteiger partial charge in [0.05, 0.1) is 0 Å². The van der Waals surface area contributed by atoms with E-state index < -0.39 is 11.8 Å². The molecule has 2 bridgehead atoms. The number of carbonyl (C=O) groups is 3. The second-order valence-electron chi connectivity index (χ2n) is 6.74. The highest BCUT2D eigenvalue weighted by atomic mass is 16.2. The Balaban J connectivity index is 1.38. The van der Waals surface area contributed by atoms with Gasteiger partial charge in [-0.2, -0.15) is 0 Å². The first-order chi connectivity index (χ1) is 11.6. The number of rotatable bonds is 2. The van der Waals surface area contributed by atoms with Gasteiger partial charge in [-0.05, 0) is 43.4 Å². The maximum absolute atomic E-state index is 12.1. The molecular formula is C17H20N4O3. The first kappa shape index (κ1) is 15.1. The Labute approximate surface area is 139 Å². The third kappa shape index (κ3) is 2.87. The third-order valence-corrected chi connectivity index (χ3v) is 5.09. The van der Waals surface area contributed by atoms with E-state index in [1.807, 2.05) is 6.07 Å². The SMILES string of the molecule is O=C1CCc2ccc(NC(=O)C(=O)N[C@@H]3C[C@@H]4CC[C@H]3N4)cc2N1. The molecule has 0 aromatic heterocycles. The molecule has 126 valence electrons. The van der Waals surface area contributed by atoms with Gasteiger partial charge in [0.2, 0.25) is 5.91 Å². The molecule has 3 amide bonds. The standard InChI is InChI=1S/C17H20N4O3/c22-15-6-2-9-1-3-11(7-13(9)20-15)19-16(23)17(24)21-14-8-10-4-5-12(14)18-10/h1,3,7,10,12,14,18H,2,4-6,8H2,(H,19,23)(H,20,22)(H,21,24)/t10-,12+,14+/m0/s1. The van der Waals surface area contributed by atoms with Crippen LogP contribution in [0.2, 0.25) is 0 Å². The van der Waals surface area contributed by atoms with E-state index in [1.165, 1.54) is 0 Å². The Morgan fingerprint density at radius 2 is 2.00 bits per heavy atom. The van der Waals surface area contributed by atoms with Gasteiger partial charge in [-0.3, -0.25) is 14.4 Å². The summed E-state index contributed by atoms with van der Waals surface area (Å²) in [5.41, 5.74) is 2.23. The summed E-state index contributed by atoms with van der Waals surface area (Å²) >= 11 is 0. The molecule has 3 heterocycles. The molecule has 4 N–H and O–H groups in total. The van der Waals surface area contributed by atoms with Crippen LogP contribution in [0.5, 0.6) is 0 Å². The normalized spacial score (nSPS) is 27.3. The highest BCUT2D eigenvalue weighted by Gasteiger charge is 2.40. The lowest BCUT2D eigenvalue weighted by molar-refractivity contribution is -0.136. The van der Waals surface area contributed by atoms with Crippen molar-refractivity contribution in [3.8, 4) is 0 Å². The Bertz CT molecular complexity index is 718. The summed E-state index contributed by atoms with van der Waals surface area (Å²) < 4.78 is 0. The third-order valence-electron chi connectivity index (χ3n) is 5.09. The molecule has 3 aliphatic heterocycles. The molecule has 2 fully saturated rings. The molecule has 3 aliphatic rings. The second-order valence-corrected chi connectivity index (χ2v) is 6.74. The van der Waals surface area contributed by atoms with E-state index in [1.54, 1.807) is 12.1 Å². The van der Waals surface area contributed by atoms with Gasteiger partial charge >= 0.3 is 11.8 Å². The highest BCUT2D eigenvalue weighted by molar-refractivity contribution is 6.39. The summed E-state index contributed by atoms with van der Waals surface area (Å²) in [6, 6.07) is 6.09. The van der Waals surface area contributed by atoms with Crippen LogP contribution in [0.25, 0.3) is 0 Å². The van der Waals surface area contributed by atoms with Crippen molar-refractivity contribution in [2.24, 2.45) is 0 Å². The van der Waals surface area contributed by atoms with E-state index in [-0.39, 0.29) is 18.0 Å². The van der Waals surface area contributed by atoms with Crippen LogP contribution < -0.4 is 21.3 Å². The van der Waals surface area contributed by atoms with Crippen LogP contribution in [0.3, 0.4) is 0 Å². The summed E-state index contributed by atoms with van der Waals surface area (Å²) in [5.74, 6) is -1.33. The first-order valence-corrected chi connectivity index (χ1v) is 8.39. The number of benzene rings is 1. The van der Waals surface area contributed by atoms with Crippen LogP contribution in [0.1, 0.15) is 31.2 Å². The fourth-order valence-corrected chi connectivity index (χ4v) is 3.85. The van der Waals surface area contributed by atoms with E-state index in [4.69, 9.17) is 0 Å². The highest BCUT2D eigenvalue weighted by Crippen LogP contribution is 2.28. The summed E-state index contributed by atoms with van der Waals surface area (Å²) in [7, 11) is 0. The van der Waals surface area contributed by atoms with Gasteiger partial charge in [0, 0.05) is 35.9 Å². The monoisotopic (exact) mass is 328 g/mol. The minimum Gasteiger partial charge on any atom is -0.343 e. The lowest BCUT2D eigenvalue weighted by atomic mass is 9.95. The van der Waals surface area contributed by atoms with E-state index in [0.717, 1.165) is 24.8 Å². The van der Waals surface area contributed by atoms with Crippen molar-refractivity contribution in [1.29, 1.82) is 0 Å². The van der Waals surface area contributed by atoms with Gasteiger partial charge in [-0.25, -0.2) is 0 Å². The van der Waals surface area contributed by atoms with Gasteiger partial charge in [0.25, 0.3) is 0 Å². The van der Waals surface area contributed by atoms with Crippen molar-refractivity contribution in [3.05, 3.63) is 23.8 Å². The van der Waals surface area contributed by atoms with Crippen LogP contribution in [-0.2, 0) is 20.8 Å². The van der Waals surface area contributed by atoms with Crippen LogP contribution in [-0.4, -0.2) is 35.8 Å². The quantitative estimate of drug-likeness (QED) is 0.595. The topological polar surface area (TPSA) is 99.3 Å². The second kappa shape index (κ2) is 5.90. The molecule has 7 nitrogen and oxygen atoms in total. The zero-order chi connectivity index (χ0) is 16.7. The molecule has 24 heavy (non-hydrogen) atoms. The molecule has 0 radical (unpaired) electrons. The number of fused-ring (bicyclic) bond motifs is 3. The van der Waals surface area contributed by atoms with Gasteiger partial charge in [-0.15, -0.1) is 0 Å². The number of amides is 3. The van der Waals surface area contributed by atoms with Crippen molar-refractivity contribution >= 4 is 29.1 Å². The average molecular weight is 328 g/mol. The number of anilines is 2. The Morgan fingerprint density at radius 3 is 2.75 bits per heavy atom. The van der Waals surface area contributed by atoms with E-state index >= 15 is 0 Å². The fourth-order valence-electron chi connectivity index (χ4n) is 3.85. The molecule has 0 saturated carbocycles. The molecule has 7 heteroatoms. The summed E-state index contributed by atoms with van der Waals surface area (Å²) in [5, 5.41) is 11.6. The maximum atomic E-state index is 12.1. The van der Waals surface area contributed by atoms with Crippen molar-refractivity contribution in [2.75, 3.05) is 10.6 Å². The molecule has 0 unspecified atom stereocenters. The number of hydrogen-bond donors (Lipinski definition) is 4. The minimum absolute atomic E-state index is 0.0322. The summed E-state index contributed by atoms with van der Waals surface area (Å²) in [6.45, 7) is 0. The Kier molecular flexibility index (Phi) is 3.72. The molecule has 0 spiro atoms. The lowest BCUT2D eigenvalue weighted by Crippen LogP contribution is -2.47. The first-order valence-electron chi connectivity index (χ1n) is 8.39. The van der Waals surface area contributed by atoms with E-state index in [9.17, 15) is 14.4 Å². The van der Waals surface area contributed by atoms with E-state index in [0.29, 0.717) is 30.3 Å². The fraction of sp³-hybridized carbons (Fsp3) is 0.471. The zero-order valence-corrected chi connectivity index (χ0v) is 13.2. The Morgan fingerprint density at radius 1 is 1.12 bits per heavy atom. The van der Waals surface area contributed by atoms with Gasteiger partial charge in [0.1, 0.15) is 0 Å². The van der Waals surface area contributed by atoms with Gasteiger partial charge < -0.3 is 21.3 Å². The Hall–Kier alpha value is -2.41. The van der Waals surface area contributed by atoms with Crippen molar-refractivity contribution in [3.63, 3.8) is 0 Å². The largest absolute Gasteiger partial charge is 0.343 e. The average Bonchev–Trinajstić information content (AvgIpc) is 3.17. The molecule has 4 rings (SSSR count). The van der Waals surface area contributed by atoms with Crippen LogP contribution >= 0.6 is 0 Å². The van der Waals surface area contributed by atoms with Crippen LogP contribution in [0, 0.1) is 0 Å².